The molecule has 0 bridgehead atoms. The first-order valence-electron chi connectivity index (χ1n) is 29.0. The summed E-state index contributed by atoms with van der Waals surface area (Å²) in [6.45, 7) is 8.81. The van der Waals surface area contributed by atoms with E-state index >= 15 is 0 Å². The lowest BCUT2D eigenvalue weighted by Crippen LogP contribution is -2.68. The third-order valence-corrected chi connectivity index (χ3v) is 20.5. The van der Waals surface area contributed by atoms with Crippen molar-refractivity contribution in [2.45, 2.75) is 127 Å². The quantitative estimate of drug-likeness (QED) is 0.0386. The van der Waals surface area contributed by atoms with Gasteiger partial charge in [0.25, 0.3) is 8.32 Å². The van der Waals surface area contributed by atoms with Crippen molar-refractivity contribution in [1.82, 2.24) is 0 Å². The molecule has 0 aromatic heterocycles. The minimum absolute atomic E-state index is 0.179. The Bertz CT molecular complexity index is 3080. The molecule has 2 heterocycles. The molecule has 430 valence electrons. The monoisotopic (exact) mass is 1130 g/mol. The highest BCUT2D eigenvalue weighted by Crippen LogP contribution is 2.39. The molecule has 0 saturated carbocycles. The van der Waals surface area contributed by atoms with Gasteiger partial charge in [-0.1, -0.05) is 276 Å². The summed E-state index contributed by atoms with van der Waals surface area (Å²) in [5.74, 6) is 0. The number of hydrogen-bond donors (Lipinski definition) is 0. The van der Waals surface area contributed by atoms with E-state index in [4.69, 9.17) is 47.1 Å². The standard InChI is InChI=1S/C72H78O10Si/c1-72(2,3)83(60-41-25-11-26-42-60,61-43-27-12-28-44-61)80-53-64-67(76-49-56-33-17-7-18-34-56)68(77-50-57-35-19-8-20-36-57)65(74-47-54-29-13-5-14-30-54)62(81-64)45-46-63-66(75-48-55-31-15-6-16-32-55)69(78-51-58-37-21-9-22-38-58)70(71(73-4)82-63)79-52-59-39-23-10-24-40-59/h5-46,62-71H,47-53H2,1-4H3/b46-45-/t62-,63+,64+,65-,66-,67-,68+,69-,70+,71-/m0/s1. The minimum Gasteiger partial charge on any atom is -0.405 e. The lowest BCUT2D eigenvalue weighted by atomic mass is 9.92. The molecular formula is C72H78O10Si. The fraction of sp³-hybridized carbons (Fsp3) is 0.306. The second-order valence-corrected chi connectivity index (χ2v) is 26.6. The Kier molecular flexibility index (Phi) is 21.3. The van der Waals surface area contributed by atoms with Crippen LogP contribution >= 0.6 is 0 Å². The summed E-state index contributed by atoms with van der Waals surface area (Å²) in [5.41, 5.74) is 6.05. The van der Waals surface area contributed by atoms with Gasteiger partial charge < -0.3 is 47.1 Å². The first-order chi connectivity index (χ1) is 40.8. The lowest BCUT2D eigenvalue weighted by Gasteiger charge is -2.48. The normalized spacial score (nSPS) is 23.0. The van der Waals surface area contributed by atoms with Gasteiger partial charge in [-0.15, -0.1) is 0 Å². The van der Waals surface area contributed by atoms with Crippen molar-refractivity contribution in [1.29, 1.82) is 0 Å². The van der Waals surface area contributed by atoms with E-state index in [-0.39, 0.29) is 24.9 Å². The zero-order valence-electron chi connectivity index (χ0n) is 48.1. The molecule has 2 fully saturated rings. The van der Waals surface area contributed by atoms with Gasteiger partial charge in [0.05, 0.1) is 46.2 Å². The molecule has 10 rings (SSSR count). The highest BCUT2D eigenvalue weighted by atomic mass is 28.4. The van der Waals surface area contributed by atoms with E-state index < -0.39 is 69.5 Å². The van der Waals surface area contributed by atoms with Gasteiger partial charge in [-0.2, -0.15) is 0 Å². The number of benzene rings is 8. The third kappa shape index (κ3) is 15.6. The highest BCUT2D eigenvalue weighted by molar-refractivity contribution is 6.99. The van der Waals surface area contributed by atoms with E-state index in [1.54, 1.807) is 7.11 Å². The molecule has 8 aromatic carbocycles. The fourth-order valence-corrected chi connectivity index (χ4v) is 15.9. The summed E-state index contributed by atoms with van der Waals surface area (Å²) in [5, 5.41) is 2.00. The number of hydrogen-bond acceptors (Lipinski definition) is 10. The van der Waals surface area contributed by atoms with Crippen molar-refractivity contribution >= 4 is 18.7 Å². The van der Waals surface area contributed by atoms with Gasteiger partial charge in [0.15, 0.2) is 6.29 Å². The molecule has 10 atom stereocenters. The molecule has 11 heteroatoms. The second-order valence-electron chi connectivity index (χ2n) is 22.3. The van der Waals surface area contributed by atoms with Crippen molar-refractivity contribution in [3.8, 4) is 0 Å². The van der Waals surface area contributed by atoms with Crippen LogP contribution in [0.3, 0.4) is 0 Å². The predicted molar refractivity (Wildman–Crippen MR) is 327 cm³/mol. The first-order valence-corrected chi connectivity index (χ1v) is 30.9. The zero-order chi connectivity index (χ0) is 57.1. The molecule has 0 radical (unpaired) electrons. The van der Waals surface area contributed by atoms with Crippen LogP contribution < -0.4 is 10.4 Å². The van der Waals surface area contributed by atoms with Crippen molar-refractivity contribution < 1.29 is 47.1 Å². The molecule has 0 aliphatic carbocycles. The first kappa shape index (κ1) is 59.5. The Morgan fingerprint density at radius 3 is 0.952 bits per heavy atom. The van der Waals surface area contributed by atoms with Gasteiger partial charge in [-0.25, -0.2) is 0 Å². The van der Waals surface area contributed by atoms with Crippen LogP contribution in [0.1, 0.15) is 54.2 Å². The summed E-state index contributed by atoms with van der Waals surface area (Å²) in [6.07, 6.45) is -3.05. The van der Waals surface area contributed by atoms with Crippen molar-refractivity contribution in [2.75, 3.05) is 13.7 Å². The van der Waals surface area contributed by atoms with Crippen LogP contribution in [0.4, 0.5) is 0 Å². The van der Waals surface area contributed by atoms with E-state index in [1.807, 2.05) is 133 Å². The number of rotatable bonds is 26. The van der Waals surface area contributed by atoms with E-state index in [0.717, 1.165) is 43.8 Å². The Morgan fingerprint density at radius 2 is 0.627 bits per heavy atom. The summed E-state index contributed by atoms with van der Waals surface area (Å²) in [7, 11) is -1.48. The maximum Gasteiger partial charge on any atom is 0.261 e. The molecule has 83 heavy (non-hydrogen) atoms. The molecule has 0 unspecified atom stereocenters. The summed E-state index contributed by atoms with van der Waals surface area (Å²) in [4.78, 5) is 0. The average Bonchev–Trinajstić information content (AvgIpc) is 3.72. The van der Waals surface area contributed by atoms with Crippen LogP contribution in [-0.2, 0) is 86.7 Å². The molecule has 2 aliphatic heterocycles. The number of methoxy groups -OCH3 is 1. The average molecular weight is 1130 g/mol. The number of ether oxygens (including phenoxy) is 9. The van der Waals surface area contributed by atoms with Crippen molar-refractivity contribution in [3.63, 3.8) is 0 Å². The van der Waals surface area contributed by atoms with Gasteiger partial charge in [-0.05, 0) is 48.8 Å². The smallest absolute Gasteiger partial charge is 0.261 e. The SMILES string of the molecule is CO[C@H]1O[C@H](/C=C\[C@@H]2O[C@H](CO[Si](c3ccccc3)(c3ccccc3)C(C)(C)C)[C@H](OCc3ccccc3)[C@H](OCc3ccccc3)[C@H]2OCc2ccccc2)[C@H](OCc2ccccc2)[C@H](OCc2ccccc2)[C@H]1OCc1ccccc1. The largest absolute Gasteiger partial charge is 0.405 e. The summed E-state index contributed by atoms with van der Waals surface area (Å²) in [6, 6.07) is 82.4. The molecule has 0 spiro atoms. The molecule has 2 saturated heterocycles. The Balaban J connectivity index is 1.07. The maximum absolute atomic E-state index is 7.79. The minimum atomic E-state index is -3.12. The molecular weight excluding hydrogens is 1050 g/mol. The molecule has 2 aliphatic rings. The van der Waals surface area contributed by atoms with E-state index in [2.05, 4.69) is 142 Å². The van der Waals surface area contributed by atoms with Crippen LogP contribution in [0, 0.1) is 0 Å². The topological polar surface area (TPSA) is 92.3 Å². The maximum atomic E-state index is 7.79. The van der Waals surface area contributed by atoms with Crippen LogP contribution in [0.15, 0.2) is 255 Å². The molecule has 0 N–H and O–H groups in total. The van der Waals surface area contributed by atoms with Gasteiger partial charge >= 0.3 is 0 Å². The molecule has 10 nitrogen and oxygen atoms in total. The van der Waals surface area contributed by atoms with E-state index in [0.29, 0.717) is 26.4 Å². The predicted octanol–water partition coefficient (Wildman–Crippen LogP) is 12.8. The van der Waals surface area contributed by atoms with Gasteiger partial charge in [0.1, 0.15) is 54.9 Å². The summed E-state index contributed by atoms with van der Waals surface area (Å²) < 4.78 is 71.3. The van der Waals surface area contributed by atoms with Crippen molar-refractivity contribution in [2.24, 2.45) is 0 Å². The van der Waals surface area contributed by atoms with Gasteiger partial charge in [0.2, 0.25) is 0 Å². The lowest BCUT2D eigenvalue weighted by molar-refractivity contribution is -0.309. The summed E-state index contributed by atoms with van der Waals surface area (Å²) >= 11 is 0. The Labute approximate surface area is 492 Å². The molecule has 0 amide bonds. The van der Waals surface area contributed by atoms with Crippen LogP contribution in [-0.4, -0.2) is 83.3 Å². The Hall–Kier alpha value is -6.68. The third-order valence-electron chi connectivity index (χ3n) is 15.5. The van der Waals surface area contributed by atoms with Crippen LogP contribution in [0.2, 0.25) is 5.04 Å². The fourth-order valence-electron chi connectivity index (χ4n) is 11.3. The second kappa shape index (κ2) is 29.7. The molecule has 8 aromatic rings. The van der Waals surface area contributed by atoms with E-state index in [9.17, 15) is 0 Å². The van der Waals surface area contributed by atoms with Crippen molar-refractivity contribution in [3.05, 3.63) is 288 Å². The van der Waals surface area contributed by atoms with Crippen LogP contribution in [0.25, 0.3) is 0 Å². The van der Waals surface area contributed by atoms with Gasteiger partial charge in [-0.3, -0.25) is 0 Å². The highest BCUT2D eigenvalue weighted by Gasteiger charge is 2.54. The van der Waals surface area contributed by atoms with E-state index in [1.165, 1.54) is 0 Å². The van der Waals surface area contributed by atoms with Gasteiger partial charge in [0, 0.05) is 7.11 Å². The zero-order valence-corrected chi connectivity index (χ0v) is 49.1. The van der Waals surface area contributed by atoms with Crippen LogP contribution in [0.5, 0.6) is 0 Å². The Morgan fingerprint density at radius 1 is 0.349 bits per heavy atom.